The van der Waals surface area contributed by atoms with E-state index in [1.807, 2.05) is 0 Å². The van der Waals surface area contributed by atoms with Crippen LogP contribution in [0.15, 0.2) is 24.3 Å². The van der Waals surface area contributed by atoms with E-state index in [0.29, 0.717) is 6.04 Å². The first kappa shape index (κ1) is 10.7. The Morgan fingerprint density at radius 3 is 3.00 bits per heavy atom. The third kappa shape index (κ3) is 2.21. The van der Waals surface area contributed by atoms with Crippen LogP contribution in [0, 0.1) is 0 Å². The van der Waals surface area contributed by atoms with Gasteiger partial charge in [0.2, 0.25) is 0 Å². The molecule has 0 saturated carbocycles. The minimum Gasteiger partial charge on any atom is -0.372 e. The van der Waals surface area contributed by atoms with Gasteiger partial charge in [-0.3, -0.25) is 0 Å². The lowest BCUT2D eigenvalue weighted by Crippen LogP contribution is -2.36. The minimum absolute atomic E-state index is 0.270. The minimum atomic E-state index is 0.270. The molecule has 1 aliphatic heterocycles. The molecule has 2 rings (SSSR count). The SMILES string of the molecule is CCCNC1c2ccccc2CO[C@H]1C. The maximum absolute atomic E-state index is 5.75. The summed E-state index contributed by atoms with van der Waals surface area (Å²) in [5, 5.41) is 3.55. The molecule has 2 heteroatoms. The van der Waals surface area contributed by atoms with Crippen molar-refractivity contribution in [2.24, 2.45) is 0 Å². The van der Waals surface area contributed by atoms with Crippen molar-refractivity contribution in [1.29, 1.82) is 0 Å². The zero-order valence-corrected chi connectivity index (χ0v) is 9.49. The predicted octanol–water partition coefficient (Wildman–Crippen LogP) is 2.65. The number of rotatable bonds is 3. The standard InChI is InChI=1S/C13H19NO/c1-3-8-14-13-10(2)15-9-11-6-4-5-7-12(11)13/h4-7,10,13-14H,3,8-9H2,1-2H3/t10-,13?/m0/s1. The van der Waals surface area contributed by atoms with E-state index in [2.05, 4.69) is 43.4 Å². The van der Waals surface area contributed by atoms with Crippen LogP contribution in [0.1, 0.15) is 37.4 Å². The number of hydrogen-bond acceptors (Lipinski definition) is 2. The fourth-order valence-corrected chi connectivity index (χ4v) is 2.12. The summed E-state index contributed by atoms with van der Waals surface area (Å²) in [6, 6.07) is 8.91. The van der Waals surface area contributed by atoms with Crippen LogP contribution >= 0.6 is 0 Å². The first-order valence-electron chi connectivity index (χ1n) is 5.75. The Labute approximate surface area is 91.6 Å². The Bertz CT molecular complexity index is 324. The number of ether oxygens (including phenoxy) is 1. The summed E-state index contributed by atoms with van der Waals surface area (Å²) in [5.74, 6) is 0. The second kappa shape index (κ2) is 4.77. The van der Waals surface area contributed by atoms with Crippen LogP contribution in [-0.4, -0.2) is 12.6 Å². The number of hydrogen-bond donors (Lipinski definition) is 1. The normalized spacial score (nSPS) is 24.9. The highest BCUT2D eigenvalue weighted by atomic mass is 16.5. The molecule has 1 unspecified atom stereocenters. The molecule has 0 fully saturated rings. The number of benzene rings is 1. The van der Waals surface area contributed by atoms with Gasteiger partial charge in [0.15, 0.2) is 0 Å². The van der Waals surface area contributed by atoms with Gasteiger partial charge in [-0.2, -0.15) is 0 Å². The van der Waals surface area contributed by atoms with E-state index in [4.69, 9.17) is 4.74 Å². The van der Waals surface area contributed by atoms with E-state index >= 15 is 0 Å². The first-order valence-corrected chi connectivity index (χ1v) is 5.75. The van der Waals surface area contributed by atoms with Gasteiger partial charge in [-0.1, -0.05) is 31.2 Å². The molecular formula is C13H19NO. The molecule has 0 radical (unpaired) electrons. The molecule has 2 nitrogen and oxygen atoms in total. The van der Waals surface area contributed by atoms with Crippen LogP contribution in [0.5, 0.6) is 0 Å². The van der Waals surface area contributed by atoms with Crippen LogP contribution in [-0.2, 0) is 11.3 Å². The highest BCUT2D eigenvalue weighted by Gasteiger charge is 2.25. The predicted molar refractivity (Wildman–Crippen MR) is 61.7 cm³/mol. The van der Waals surface area contributed by atoms with Crippen molar-refractivity contribution in [3.05, 3.63) is 35.4 Å². The molecule has 0 aromatic heterocycles. The molecule has 0 saturated heterocycles. The van der Waals surface area contributed by atoms with Gasteiger partial charge in [0, 0.05) is 0 Å². The number of nitrogens with one attached hydrogen (secondary N) is 1. The Balaban J connectivity index is 2.21. The average molecular weight is 205 g/mol. The third-order valence-corrected chi connectivity index (χ3v) is 2.98. The van der Waals surface area contributed by atoms with E-state index in [1.54, 1.807) is 0 Å². The lowest BCUT2D eigenvalue weighted by Gasteiger charge is -2.32. The highest BCUT2D eigenvalue weighted by molar-refractivity contribution is 5.31. The van der Waals surface area contributed by atoms with E-state index in [9.17, 15) is 0 Å². The quantitative estimate of drug-likeness (QED) is 0.819. The van der Waals surface area contributed by atoms with Gasteiger partial charge in [-0.25, -0.2) is 0 Å². The molecule has 1 aromatic carbocycles. The molecule has 82 valence electrons. The molecule has 0 amide bonds. The molecule has 1 aromatic rings. The maximum atomic E-state index is 5.75. The number of fused-ring (bicyclic) bond motifs is 1. The first-order chi connectivity index (χ1) is 7.33. The summed E-state index contributed by atoms with van der Waals surface area (Å²) in [6.45, 7) is 6.13. The van der Waals surface area contributed by atoms with Gasteiger partial charge >= 0.3 is 0 Å². The largest absolute Gasteiger partial charge is 0.372 e. The summed E-state index contributed by atoms with van der Waals surface area (Å²) in [6.07, 6.45) is 1.43. The van der Waals surface area contributed by atoms with Crippen molar-refractivity contribution >= 4 is 0 Å². The van der Waals surface area contributed by atoms with Gasteiger partial charge in [-0.05, 0) is 31.0 Å². The summed E-state index contributed by atoms with van der Waals surface area (Å²) in [5.41, 5.74) is 2.73. The zero-order valence-electron chi connectivity index (χ0n) is 9.49. The molecule has 0 bridgehead atoms. The van der Waals surface area contributed by atoms with Gasteiger partial charge in [0.05, 0.1) is 18.8 Å². The van der Waals surface area contributed by atoms with Crippen LogP contribution in [0.4, 0.5) is 0 Å². The van der Waals surface area contributed by atoms with Gasteiger partial charge < -0.3 is 10.1 Å². The molecule has 1 heterocycles. The summed E-state index contributed by atoms with van der Waals surface area (Å²) in [4.78, 5) is 0. The topological polar surface area (TPSA) is 21.3 Å². The Kier molecular flexibility index (Phi) is 3.39. The molecule has 0 spiro atoms. The molecule has 0 aliphatic carbocycles. The third-order valence-electron chi connectivity index (χ3n) is 2.98. The van der Waals surface area contributed by atoms with Gasteiger partial charge in [0.25, 0.3) is 0 Å². The van der Waals surface area contributed by atoms with Gasteiger partial charge in [0.1, 0.15) is 0 Å². The molecule has 2 atom stereocenters. The lowest BCUT2D eigenvalue weighted by molar-refractivity contribution is 0.0116. The zero-order chi connectivity index (χ0) is 10.7. The molecule has 1 N–H and O–H groups in total. The Morgan fingerprint density at radius 1 is 1.40 bits per heavy atom. The highest BCUT2D eigenvalue weighted by Crippen LogP contribution is 2.28. The van der Waals surface area contributed by atoms with Crippen LogP contribution in [0.3, 0.4) is 0 Å². The van der Waals surface area contributed by atoms with Crippen molar-refractivity contribution in [1.82, 2.24) is 5.32 Å². The summed E-state index contributed by atoms with van der Waals surface area (Å²) < 4.78 is 5.75. The van der Waals surface area contributed by atoms with Crippen molar-refractivity contribution in [2.45, 2.75) is 39.0 Å². The van der Waals surface area contributed by atoms with Crippen molar-refractivity contribution in [3.8, 4) is 0 Å². The van der Waals surface area contributed by atoms with Crippen molar-refractivity contribution in [3.63, 3.8) is 0 Å². The fourth-order valence-electron chi connectivity index (χ4n) is 2.12. The fraction of sp³-hybridized carbons (Fsp3) is 0.538. The molecular weight excluding hydrogens is 186 g/mol. The summed E-state index contributed by atoms with van der Waals surface area (Å²) in [7, 11) is 0. The van der Waals surface area contributed by atoms with Crippen LogP contribution in [0.2, 0.25) is 0 Å². The van der Waals surface area contributed by atoms with Crippen molar-refractivity contribution < 1.29 is 4.74 Å². The average Bonchev–Trinajstić information content (AvgIpc) is 2.28. The van der Waals surface area contributed by atoms with Crippen LogP contribution < -0.4 is 5.32 Å². The Hall–Kier alpha value is -0.860. The second-order valence-corrected chi connectivity index (χ2v) is 4.15. The lowest BCUT2D eigenvalue weighted by atomic mass is 9.94. The monoisotopic (exact) mass is 205 g/mol. The van der Waals surface area contributed by atoms with E-state index in [0.717, 1.165) is 19.6 Å². The van der Waals surface area contributed by atoms with Gasteiger partial charge in [-0.15, -0.1) is 0 Å². The maximum Gasteiger partial charge on any atom is 0.0746 e. The van der Waals surface area contributed by atoms with E-state index in [1.165, 1.54) is 11.1 Å². The summed E-state index contributed by atoms with van der Waals surface area (Å²) >= 11 is 0. The van der Waals surface area contributed by atoms with Crippen molar-refractivity contribution in [2.75, 3.05) is 6.54 Å². The van der Waals surface area contributed by atoms with E-state index in [-0.39, 0.29) is 6.10 Å². The van der Waals surface area contributed by atoms with E-state index < -0.39 is 0 Å². The Morgan fingerprint density at radius 2 is 2.20 bits per heavy atom. The molecule has 15 heavy (non-hydrogen) atoms. The smallest absolute Gasteiger partial charge is 0.0746 e. The second-order valence-electron chi connectivity index (χ2n) is 4.15. The van der Waals surface area contributed by atoms with Crippen LogP contribution in [0.25, 0.3) is 0 Å². The molecule has 1 aliphatic rings.